The molecule has 1 spiro atoms. The summed E-state index contributed by atoms with van der Waals surface area (Å²) in [5.41, 5.74) is 0.446. The van der Waals surface area contributed by atoms with Gasteiger partial charge >= 0.3 is 5.97 Å². The number of likely N-dealkylation sites (tertiary alicyclic amines) is 1. The van der Waals surface area contributed by atoms with Crippen molar-refractivity contribution < 1.29 is 29.0 Å². The number of ether oxygens (including phenoxy) is 2. The van der Waals surface area contributed by atoms with Gasteiger partial charge in [-0.2, -0.15) is 0 Å². The molecule has 2 amide bonds. The van der Waals surface area contributed by atoms with E-state index >= 15 is 0 Å². The smallest absolute Gasteiger partial charge is 0.313 e. The Morgan fingerprint density at radius 1 is 1.32 bits per heavy atom. The molecular weight excluding hydrogens is 484 g/mol. The van der Waals surface area contributed by atoms with Crippen LogP contribution in [0.2, 0.25) is 0 Å². The number of hydrogen-bond donors (Lipinski definition) is 1. The van der Waals surface area contributed by atoms with Crippen molar-refractivity contribution >= 4 is 23.5 Å². The number of rotatable bonds is 10. The van der Waals surface area contributed by atoms with Crippen molar-refractivity contribution in [3.05, 3.63) is 54.6 Å². The number of anilines is 1. The summed E-state index contributed by atoms with van der Waals surface area (Å²) in [5.74, 6) is -3.05. The largest absolute Gasteiger partial charge is 0.461 e. The van der Waals surface area contributed by atoms with Crippen LogP contribution in [0, 0.1) is 31.6 Å². The Labute approximate surface area is 225 Å². The van der Waals surface area contributed by atoms with Crippen LogP contribution in [-0.2, 0) is 23.9 Å². The Kier molecular flexibility index (Phi) is 7.60. The van der Waals surface area contributed by atoms with Crippen molar-refractivity contribution in [1.82, 2.24) is 4.90 Å². The zero-order valence-corrected chi connectivity index (χ0v) is 23.1. The fourth-order valence-corrected chi connectivity index (χ4v) is 6.95. The average Bonchev–Trinajstić information content (AvgIpc) is 3.40. The minimum Gasteiger partial charge on any atom is -0.461 e. The van der Waals surface area contributed by atoms with E-state index < -0.39 is 41.1 Å². The third-order valence-electron chi connectivity index (χ3n) is 8.89. The molecule has 38 heavy (non-hydrogen) atoms. The van der Waals surface area contributed by atoms with Gasteiger partial charge in [-0.05, 0) is 56.7 Å². The van der Waals surface area contributed by atoms with E-state index in [1.54, 1.807) is 11.0 Å². The van der Waals surface area contributed by atoms with E-state index in [2.05, 4.69) is 13.2 Å². The van der Waals surface area contributed by atoms with Gasteiger partial charge in [-0.3, -0.25) is 14.4 Å². The van der Waals surface area contributed by atoms with Gasteiger partial charge < -0.3 is 24.4 Å². The summed E-state index contributed by atoms with van der Waals surface area (Å²) < 4.78 is 12.2. The Morgan fingerprint density at radius 2 is 2.03 bits per heavy atom. The second-order valence-corrected chi connectivity index (χ2v) is 11.1. The Balaban J connectivity index is 1.89. The molecule has 7 atom stereocenters. The number of aliphatic hydroxyl groups excluding tert-OH is 1. The molecule has 0 aromatic heterocycles. The molecule has 0 saturated carbocycles. The number of carbonyl (C=O) groups is 3. The number of hydrogen-bond acceptors (Lipinski definition) is 6. The van der Waals surface area contributed by atoms with Gasteiger partial charge in [0.15, 0.2) is 0 Å². The van der Waals surface area contributed by atoms with Crippen LogP contribution < -0.4 is 4.90 Å². The highest BCUT2D eigenvalue weighted by Crippen LogP contribution is 2.65. The van der Waals surface area contributed by atoms with Crippen LogP contribution in [-0.4, -0.2) is 70.8 Å². The molecule has 206 valence electrons. The van der Waals surface area contributed by atoms with Crippen LogP contribution in [0.1, 0.15) is 44.7 Å². The number of aliphatic hydroxyl groups is 1. The lowest BCUT2D eigenvalue weighted by Crippen LogP contribution is -2.59. The molecule has 4 rings (SSSR count). The summed E-state index contributed by atoms with van der Waals surface area (Å²) in [7, 11) is 0. The Bertz CT molecular complexity index is 1150. The van der Waals surface area contributed by atoms with E-state index in [4.69, 9.17) is 9.47 Å². The summed E-state index contributed by atoms with van der Waals surface area (Å²) in [6.07, 6.45) is 4.03. The predicted molar refractivity (Wildman–Crippen MR) is 144 cm³/mol. The summed E-state index contributed by atoms with van der Waals surface area (Å²) >= 11 is 0. The zero-order chi connectivity index (χ0) is 28.0. The number of benzene rings is 1. The first kappa shape index (κ1) is 28.0. The fourth-order valence-electron chi connectivity index (χ4n) is 6.95. The van der Waals surface area contributed by atoms with Crippen molar-refractivity contribution in [1.29, 1.82) is 0 Å². The average molecular weight is 525 g/mol. The second kappa shape index (κ2) is 10.3. The van der Waals surface area contributed by atoms with E-state index in [-0.39, 0.29) is 37.5 Å². The van der Waals surface area contributed by atoms with E-state index in [9.17, 15) is 19.5 Å². The lowest BCUT2D eigenvalue weighted by atomic mass is 9.62. The normalized spacial score (nSPS) is 32.2. The molecule has 3 fully saturated rings. The highest BCUT2D eigenvalue weighted by atomic mass is 16.6. The van der Waals surface area contributed by atoms with Crippen LogP contribution in [0.15, 0.2) is 43.5 Å². The monoisotopic (exact) mass is 524 g/mol. The molecule has 1 aromatic carbocycles. The number of fused-ring (bicyclic) bond motifs is 1. The van der Waals surface area contributed by atoms with E-state index in [0.29, 0.717) is 12.8 Å². The number of esters is 1. The second-order valence-electron chi connectivity index (χ2n) is 11.1. The summed E-state index contributed by atoms with van der Waals surface area (Å²) in [4.78, 5) is 45.4. The maximum atomic E-state index is 14.7. The predicted octanol–water partition coefficient (Wildman–Crippen LogP) is 3.33. The topological polar surface area (TPSA) is 96.4 Å². The van der Waals surface area contributed by atoms with Crippen LogP contribution >= 0.6 is 0 Å². The molecule has 0 radical (unpaired) electrons. The van der Waals surface area contributed by atoms with Gasteiger partial charge in [0.2, 0.25) is 5.91 Å². The molecule has 0 aliphatic carbocycles. The first-order valence-electron chi connectivity index (χ1n) is 13.4. The molecule has 1 N–H and O–H groups in total. The number of amides is 2. The number of aryl methyl sites for hydroxylation is 2. The molecular formula is C30H40N2O6. The van der Waals surface area contributed by atoms with Crippen molar-refractivity contribution in [2.45, 2.75) is 70.7 Å². The molecule has 3 aliphatic rings. The van der Waals surface area contributed by atoms with Crippen LogP contribution in [0.25, 0.3) is 0 Å². The quantitative estimate of drug-likeness (QED) is 0.373. The molecule has 8 heteroatoms. The van der Waals surface area contributed by atoms with Gasteiger partial charge in [0.1, 0.15) is 24.2 Å². The van der Waals surface area contributed by atoms with Crippen molar-refractivity contribution in [3.8, 4) is 0 Å². The molecule has 3 heterocycles. The minimum atomic E-state index is -1.22. The molecule has 1 aromatic rings. The standard InChI is InChI=1S/C30H40N2O6/c1-8-13-31(22-15-18(4)11-12-19(22)5)27(35)25-30-16-20(6)29(7,38-30)24(28(36)37-14-9-2)23(30)26(34)32(25)21(10-3)17-33/h8-9,11-12,15,20-21,23-25,33H,1-2,10,13-14,16-17H2,3-7H3/t20?,21-,23-,24-,25?,29+,30?/m0/s1. The van der Waals surface area contributed by atoms with Gasteiger partial charge in [0, 0.05) is 12.2 Å². The van der Waals surface area contributed by atoms with E-state index in [1.165, 1.54) is 11.0 Å². The Morgan fingerprint density at radius 3 is 2.63 bits per heavy atom. The van der Waals surface area contributed by atoms with Crippen LogP contribution in [0.4, 0.5) is 5.69 Å². The summed E-state index contributed by atoms with van der Waals surface area (Å²) in [6, 6.07) is 4.28. The third kappa shape index (κ3) is 4.00. The first-order valence-corrected chi connectivity index (χ1v) is 13.4. The van der Waals surface area contributed by atoms with Gasteiger partial charge in [-0.25, -0.2) is 0 Å². The molecule has 3 saturated heterocycles. The third-order valence-corrected chi connectivity index (χ3v) is 8.89. The number of carbonyl (C=O) groups excluding carboxylic acids is 3. The number of nitrogens with zero attached hydrogens (tertiary/aromatic N) is 2. The molecule has 2 bridgehead atoms. The fraction of sp³-hybridized carbons (Fsp3) is 0.567. The van der Waals surface area contributed by atoms with Crippen LogP contribution in [0.5, 0.6) is 0 Å². The Hall–Kier alpha value is -2.97. The van der Waals surface area contributed by atoms with E-state index in [0.717, 1.165) is 16.8 Å². The highest BCUT2D eigenvalue weighted by Gasteiger charge is 2.80. The minimum absolute atomic E-state index is 0.0216. The molecule has 3 unspecified atom stereocenters. The lowest BCUT2D eigenvalue weighted by Gasteiger charge is -2.39. The lowest BCUT2D eigenvalue weighted by molar-refractivity contribution is -0.161. The van der Waals surface area contributed by atoms with Gasteiger partial charge in [-0.15, -0.1) is 6.58 Å². The first-order chi connectivity index (χ1) is 18.0. The molecule has 8 nitrogen and oxygen atoms in total. The summed E-state index contributed by atoms with van der Waals surface area (Å²) in [5, 5.41) is 10.3. The SMILES string of the molecule is C=CCOC(=O)[C@@H]1[C@H]2C(=O)N([C@@H](CC)CO)C(C(=O)N(CC=C)c3cc(C)ccc3C)C23CC(C)[C@@]1(C)O3. The zero-order valence-electron chi connectivity index (χ0n) is 23.1. The van der Waals surface area contributed by atoms with Crippen molar-refractivity contribution in [3.63, 3.8) is 0 Å². The van der Waals surface area contributed by atoms with Gasteiger partial charge in [-0.1, -0.05) is 44.7 Å². The van der Waals surface area contributed by atoms with Gasteiger partial charge in [0.05, 0.1) is 24.2 Å². The highest BCUT2D eigenvalue weighted by molar-refractivity contribution is 6.05. The maximum Gasteiger partial charge on any atom is 0.313 e. The van der Waals surface area contributed by atoms with E-state index in [1.807, 2.05) is 52.8 Å². The van der Waals surface area contributed by atoms with Crippen LogP contribution in [0.3, 0.4) is 0 Å². The van der Waals surface area contributed by atoms with Crippen molar-refractivity contribution in [2.24, 2.45) is 17.8 Å². The molecule has 3 aliphatic heterocycles. The van der Waals surface area contributed by atoms with Gasteiger partial charge in [0.25, 0.3) is 5.91 Å². The van der Waals surface area contributed by atoms with Crippen molar-refractivity contribution in [2.75, 3.05) is 24.7 Å². The maximum absolute atomic E-state index is 14.7. The summed E-state index contributed by atoms with van der Waals surface area (Å²) in [6.45, 7) is 17.0.